The van der Waals surface area contributed by atoms with Gasteiger partial charge < -0.3 is 10.2 Å². The summed E-state index contributed by atoms with van der Waals surface area (Å²) in [4.78, 5) is 2.09. The van der Waals surface area contributed by atoms with Gasteiger partial charge in [0.1, 0.15) is 0 Å². The minimum absolute atomic E-state index is 0.166. The molecule has 2 N–H and O–H groups in total. The number of aliphatic hydroxyl groups is 2. The van der Waals surface area contributed by atoms with Gasteiger partial charge in [0.2, 0.25) is 0 Å². The van der Waals surface area contributed by atoms with Crippen molar-refractivity contribution in [3.8, 4) is 0 Å². The fourth-order valence-electron chi connectivity index (χ4n) is 1.38. The molecule has 0 aromatic carbocycles. The number of hydrogen-bond acceptors (Lipinski definition) is 3. The lowest BCUT2D eigenvalue weighted by Crippen LogP contribution is -2.39. The average Bonchev–Trinajstić information content (AvgIpc) is 1.88. The van der Waals surface area contributed by atoms with Gasteiger partial charge in [0.25, 0.3) is 0 Å². The minimum Gasteiger partial charge on any atom is -0.395 e. The summed E-state index contributed by atoms with van der Waals surface area (Å²) in [6.07, 6.45) is 1.81. The number of β-amino-alcohol motifs (C(OH)–C–C–N with tert-alkyl or cyclic N) is 2. The zero-order valence-electron chi connectivity index (χ0n) is 6.16. The van der Waals surface area contributed by atoms with Gasteiger partial charge in [-0.05, 0) is 19.4 Å². The molecule has 1 heterocycles. The van der Waals surface area contributed by atoms with Crippen molar-refractivity contribution in [2.75, 3.05) is 26.2 Å². The summed E-state index contributed by atoms with van der Waals surface area (Å²) in [6, 6.07) is 0. The largest absolute Gasteiger partial charge is 0.395 e. The highest BCUT2D eigenvalue weighted by Crippen LogP contribution is 2.08. The zero-order valence-corrected chi connectivity index (χ0v) is 6.16. The van der Waals surface area contributed by atoms with Crippen molar-refractivity contribution in [2.45, 2.75) is 18.9 Å². The lowest BCUT2D eigenvalue weighted by Gasteiger charge is -2.29. The van der Waals surface area contributed by atoms with Crippen LogP contribution in [0.3, 0.4) is 0 Å². The van der Waals surface area contributed by atoms with Crippen LogP contribution in [-0.4, -0.2) is 47.5 Å². The van der Waals surface area contributed by atoms with Gasteiger partial charge in [-0.25, -0.2) is 0 Å². The number of rotatable bonds is 2. The SMILES string of the molecule is OCCN1CCCC(O)C1. The van der Waals surface area contributed by atoms with Crippen LogP contribution in [0.2, 0.25) is 0 Å². The maximum atomic E-state index is 9.18. The van der Waals surface area contributed by atoms with Crippen LogP contribution in [0.5, 0.6) is 0 Å². The molecule has 1 aliphatic heterocycles. The molecule has 0 saturated carbocycles. The maximum absolute atomic E-state index is 9.18. The van der Waals surface area contributed by atoms with Crippen molar-refractivity contribution in [3.05, 3.63) is 0 Å². The molecule has 1 rings (SSSR count). The van der Waals surface area contributed by atoms with Crippen LogP contribution in [0, 0.1) is 0 Å². The molecule has 0 aromatic heterocycles. The Bertz CT molecular complexity index is 95.6. The Morgan fingerprint density at radius 2 is 2.30 bits per heavy atom. The van der Waals surface area contributed by atoms with Crippen LogP contribution in [0.25, 0.3) is 0 Å². The molecule has 0 spiro atoms. The van der Waals surface area contributed by atoms with Gasteiger partial charge in [-0.1, -0.05) is 0 Å². The number of nitrogens with zero attached hydrogens (tertiary/aromatic N) is 1. The van der Waals surface area contributed by atoms with Crippen LogP contribution in [-0.2, 0) is 0 Å². The Hall–Kier alpha value is -0.120. The van der Waals surface area contributed by atoms with Gasteiger partial charge in [0.15, 0.2) is 0 Å². The van der Waals surface area contributed by atoms with E-state index in [-0.39, 0.29) is 12.7 Å². The van der Waals surface area contributed by atoms with Crippen LogP contribution < -0.4 is 0 Å². The average molecular weight is 145 g/mol. The molecule has 0 aliphatic carbocycles. The normalized spacial score (nSPS) is 28.8. The molecule has 10 heavy (non-hydrogen) atoms. The molecule has 0 radical (unpaired) electrons. The highest BCUT2D eigenvalue weighted by atomic mass is 16.3. The molecule has 1 unspecified atom stereocenters. The summed E-state index contributed by atoms with van der Waals surface area (Å²) < 4.78 is 0. The third kappa shape index (κ3) is 2.25. The molecule has 3 nitrogen and oxygen atoms in total. The first kappa shape index (κ1) is 7.98. The van der Waals surface area contributed by atoms with Gasteiger partial charge in [-0.15, -0.1) is 0 Å². The van der Waals surface area contributed by atoms with Gasteiger partial charge in [0.05, 0.1) is 12.7 Å². The topological polar surface area (TPSA) is 43.7 Å². The molecular weight excluding hydrogens is 130 g/mol. The molecule has 0 amide bonds. The summed E-state index contributed by atoms with van der Waals surface area (Å²) in [6.45, 7) is 2.67. The van der Waals surface area contributed by atoms with E-state index >= 15 is 0 Å². The molecule has 3 heteroatoms. The van der Waals surface area contributed by atoms with Crippen molar-refractivity contribution < 1.29 is 10.2 Å². The second-order valence-corrected chi connectivity index (χ2v) is 2.82. The van der Waals surface area contributed by atoms with E-state index in [0.29, 0.717) is 6.54 Å². The maximum Gasteiger partial charge on any atom is 0.0667 e. The van der Waals surface area contributed by atoms with E-state index in [9.17, 15) is 5.11 Å². The number of likely N-dealkylation sites (tertiary alicyclic amines) is 1. The predicted octanol–water partition coefficient (Wildman–Crippen LogP) is -0.565. The summed E-state index contributed by atoms with van der Waals surface area (Å²) in [7, 11) is 0. The number of hydrogen-bond donors (Lipinski definition) is 2. The Morgan fingerprint density at radius 1 is 1.50 bits per heavy atom. The first-order chi connectivity index (χ1) is 4.83. The minimum atomic E-state index is -0.166. The molecule has 1 saturated heterocycles. The first-order valence-corrected chi connectivity index (χ1v) is 3.84. The van der Waals surface area contributed by atoms with Gasteiger partial charge in [-0.3, -0.25) is 4.90 Å². The summed E-state index contributed by atoms with van der Waals surface area (Å²) in [5, 5.41) is 17.8. The van der Waals surface area contributed by atoms with Crippen molar-refractivity contribution >= 4 is 0 Å². The van der Waals surface area contributed by atoms with Crippen molar-refractivity contribution in [3.63, 3.8) is 0 Å². The van der Waals surface area contributed by atoms with Crippen LogP contribution in [0.1, 0.15) is 12.8 Å². The van der Waals surface area contributed by atoms with Crippen LogP contribution >= 0.6 is 0 Å². The second kappa shape index (κ2) is 3.91. The van der Waals surface area contributed by atoms with E-state index in [1.165, 1.54) is 0 Å². The quantitative estimate of drug-likeness (QED) is 0.547. The highest BCUT2D eigenvalue weighted by Gasteiger charge is 2.16. The van der Waals surface area contributed by atoms with Crippen molar-refractivity contribution in [2.24, 2.45) is 0 Å². The standard InChI is InChI=1S/C7H15NO2/c9-5-4-8-3-1-2-7(10)6-8/h7,9-10H,1-6H2. The van der Waals surface area contributed by atoms with E-state index < -0.39 is 0 Å². The molecular formula is C7H15NO2. The summed E-state index contributed by atoms with van der Waals surface area (Å²) in [5.74, 6) is 0. The Labute approximate surface area is 61.3 Å². The zero-order chi connectivity index (χ0) is 7.40. The van der Waals surface area contributed by atoms with E-state index in [1.807, 2.05) is 0 Å². The second-order valence-electron chi connectivity index (χ2n) is 2.82. The lowest BCUT2D eigenvalue weighted by molar-refractivity contribution is 0.0612. The van der Waals surface area contributed by atoms with E-state index in [2.05, 4.69) is 4.90 Å². The van der Waals surface area contributed by atoms with E-state index in [1.54, 1.807) is 0 Å². The molecule has 0 aromatic rings. The van der Waals surface area contributed by atoms with Gasteiger partial charge in [0, 0.05) is 13.1 Å². The first-order valence-electron chi connectivity index (χ1n) is 3.84. The van der Waals surface area contributed by atoms with Gasteiger partial charge >= 0.3 is 0 Å². The van der Waals surface area contributed by atoms with E-state index in [4.69, 9.17) is 5.11 Å². The molecule has 1 fully saturated rings. The third-order valence-corrected chi connectivity index (χ3v) is 1.90. The van der Waals surface area contributed by atoms with Crippen LogP contribution in [0.15, 0.2) is 0 Å². The molecule has 1 atom stereocenters. The van der Waals surface area contributed by atoms with Crippen LogP contribution in [0.4, 0.5) is 0 Å². The molecule has 60 valence electrons. The van der Waals surface area contributed by atoms with Crippen molar-refractivity contribution in [1.29, 1.82) is 0 Å². The Kier molecular flexibility index (Phi) is 3.12. The molecule has 1 aliphatic rings. The number of aliphatic hydroxyl groups excluding tert-OH is 2. The molecule has 0 bridgehead atoms. The predicted molar refractivity (Wildman–Crippen MR) is 38.8 cm³/mol. The summed E-state index contributed by atoms with van der Waals surface area (Å²) in [5.41, 5.74) is 0. The smallest absolute Gasteiger partial charge is 0.0667 e. The Balaban J connectivity index is 2.18. The fourth-order valence-corrected chi connectivity index (χ4v) is 1.38. The van der Waals surface area contributed by atoms with E-state index in [0.717, 1.165) is 25.9 Å². The monoisotopic (exact) mass is 145 g/mol. The summed E-state index contributed by atoms with van der Waals surface area (Å²) >= 11 is 0. The fraction of sp³-hybridized carbons (Fsp3) is 1.00. The lowest BCUT2D eigenvalue weighted by atomic mass is 10.1. The number of piperidine rings is 1. The highest BCUT2D eigenvalue weighted by molar-refractivity contribution is 4.70. The van der Waals surface area contributed by atoms with Gasteiger partial charge in [-0.2, -0.15) is 0 Å². The third-order valence-electron chi connectivity index (χ3n) is 1.90. The Morgan fingerprint density at radius 3 is 2.90 bits per heavy atom. The van der Waals surface area contributed by atoms with Crippen molar-refractivity contribution in [1.82, 2.24) is 4.90 Å².